The Bertz CT molecular complexity index is 433. The first kappa shape index (κ1) is 16.0. The third-order valence-corrected chi connectivity index (χ3v) is 3.41. The number of benzene rings is 1. The van der Waals surface area contributed by atoms with Crippen LogP contribution < -0.4 is 4.74 Å². The average molecular weight is 330 g/mol. The maximum Gasteiger partial charge on any atom is 0.263 e. The second-order valence-corrected chi connectivity index (χ2v) is 5.10. The fourth-order valence-electron chi connectivity index (χ4n) is 1.82. The van der Waals surface area contributed by atoms with Crippen LogP contribution in [0.25, 0.3) is 0 Å². The van der Waals surface area contributed by atoms with E-state index in [1.54, 1.807) is 24.0 Å². The molecule has 0 spiro atoms. The molecule has 0 aliphatic rings. The third-order valence-electron chi connectivity index (χ3n) is 2.92. The summed E-state index contributed by atoms with van der Waals surface area (Å²) in [5.41, 5.74) is 0.661. The Morgan fingerprint density at radius 1 is 1.42 bits per heavy atom. The molecule has 0 bridgehead atoms. The zero-order chi connectivity index (χ0) is 14.4. The predicted octanol–water partition coefficient (Wildman–Crippen LogP) is 2.58. The summed E-state index contributed by atoms with van der Waals surface area (Å²) in [5.74, 6) is 0.496. The fourth-order valence-corrected chi connectivity index (χ4v) is 2.23. The molecule has 106 valence electrons. The van der Waals surface area contributed by atoms with Crippen molar-refractivity contribution in [3.8, 4) is 5.75 Å². The van der Waals surface area contributed by atoms with Crippen LogP contribution in [-0.2, 0) is 11.4 Å². The highest BCUT2D eigenvalue weighted by molar-refractivity contribution is 9.10. The van der Waals surface area contributed by atoms with Gasteiger partial charge in [0.25, 0.3) is 5.91 Å². The molecule has 1 atom stereocenters. The number of halogens is 1. The first-order valence-corrected chi connectivity index (χ1v) is 7.17. The van der Waals surface area contributed by atoms with E-state index in [0.29, 0.717) is 24.4 Å². The van der Waals surface area contributed by atoms with Gasteiger partial charge < -0.3 is 14.7 Å². The Morgan fingerprint density at radius 3 is 2.58 bits per heavy atom. The third kappa shape index (κ3) is 4.21. The number of ether oxygens (including phenoxy) is 1. The van der Waals surface area contributed by atoms with Crippen LogP contribution >= 0.6 is 15.9 Å². The van der Waals surface area contributed by atoms with Crippen molar-refractivity contribution in [2.75, 3.05) is 13.1 Å². The number of aliphatic hydroxyl groups is 1. The second kappa shape index (κ2) is 7.50. The maximum absolute atomic E-state index is 12.1. The lowest BCUT2D eigenvalue weighted by atomic mass is 10.2. The minimum atomic E-state index is -0.564. The van der Waals surface area contributed by atoms with Crippen molar-refractivity contribution in [3.05, 3.63) is 28.2 Å². The first-order chi connectivity index (χ1) is 9.03. The number of likely N-dealkylation sites (N-methyl/N-ethyl adjacent to an activating group) is 1. The summed E-state index contributed by atoms with van der Waals surface area (Å²) in [6, 6.07) is 5.36. The van der Waals surface area contributed by atoms with Crippen LogP contribution in [0.4, 0.5) is 0 Å². The molecular weight excluding hydrogens is 310 g/mol. The lowest BCUT2D eigenvalue weighted by Gasteiger charge is -2.24. The summed E-state index contributed by atoms with van der Waals surface area (Å²) in [6.07, 6.45) is -0.564. The normalized spacial score (nSPS) is 12.1. The van der Waals surface area contributed by atoms with Gasteiger partial charge in [-0.3, -0.25) is 4.79 Å². The van der Waals surface area contributed by atoms with Crippen LogP contribution in [0.3, 0.4) is 0 Å². The number of aliphatic hydroxyl groups excluding tert-OH is 1. The Hall–Kier alpha value is -1.07. The highest BCUT2D eigenvalue weighted by Crippen LogP contribution is 2.24. The van der Waals surface area contributed by atoms with Crippen molar-refractivity contribution in [1.29, 1.82) is 0 Å². The molecule has 1 rings (SSSR count). The number of carbonyl (C=O) groups is 1. The molecule has 0 fully saturated rings. The van der Waals surface area contributed by atoms with E-state index < -0.39 is 6.10 Å². The van der Waals surface area contributed by atoms with Crippen LogP contribution in [0.15, 0.2) is 22.7 Å². The van der Waals surface area contributed by atoms with Crippen LogP contribution in [0.1, 0.15) is 26.3 Å². The molecule has 1 unspecified atom stereocenters. The fraction of sp³-hybridized carbons (Fsp3) is 0.500. The molecule has 0 saturated carbocycles. The van der Waals surface area contributed by atoms with Crippen molar-refractivity contribution in [1.82, 2.24) is 4.90 Å². The molecule has 0 aliphatic heterocycles. The van der Waals surface area contributed by atoms with Crippen molar-refractivity contribution in [2.24, 2.45) is 0 Å². The standard InChI is InChI=1S/C14H20BrNO3/c1-4-16(5-2)14(18)10(3)19-13-7-6-12(15)8-11(13)9-17/h6-8,10,17H,4-5,9H2,1-3H3. The SMILES string of the molecule is CCN(CC)C(=O)C(C)Oc1ccc(Br)cc1CO. The molecule has 1 amide bonds. The minimum Gasteiger partial charge on any atom is -0.481 e. The molecule has 0 radical (unpaired) electrons. The van der Waals surface area contributed by atoms with Crippen molar-refractivity contribution in [2.45, 2.75) is 33.5 Å². The number of rotatable bonds is 6. The number of hydrogen-bond donors (Lipinski definition) is 1. The van der Waals surface area contributed by atoms with Gasteiger partial charge >= 0.3 is 0 Å². The Kier molecular flexibility index (Phi) is 6.31. The number of amides is 1. The van der Waals surface area contributed by atoms with E-state index in [-0.39, 0.29) is 12.5 Å². The largest absolute Gasteiger partial charge is 0.481 e. The number of carbonyl (C=O) groups excluding carboxylic acids is 1. The molecule has 1 aromatic rings. The topological polar surface area (TPSA) is 49.8 Å². The zero-order valence-corrected chi connectivity index (χ0v) is 13.1. The van der Waals surface area contributed by atoms with Crippen LogP contribution in [0, 0.1) is 0 Å². The van der Waals surface area contributed by atoms with Crippen LogP contribution in [0.5, 0.6) is 5.75 Å². The lowest BCUT2D eigenvalue weighted by Crippen LogP contribution is -2.40. The van der Waals surface area contributed by atoms with Crippen molar-refractivity contribution >= 4 is 21.8 Å². The molecule has 19 heavy (non-hydrogen) atoms. The Balaban J connectivity index is 2.81. The summed E-state index contributed by atoms with van der Waals surface area (Å²) >= 11 is 3.34. The van der Waals surface area contributed by atoms with Gasteiger partial charge in [0.2, 0.25) is 0 Å². The van der Waals surface area contributed by atoms with Crippen LogP contribution in [0.2, 0.25) is 0 Å². The summed E-state index contributed by atoms with van der Waals surface area (Å²) in [5, 5.41) is 9.30. The molecule has 0 aliphatic carbocycles. The van der Waals surface area contributed by atoms with Gasteiger partial charge in [-0.05, 0) is 39.0 Å². The molecule has 1 N–H and O–H groups in total. The number of nitrogens with zero attached hydrogens (tertiary/aromatic N) is 1. The second-order valence-electron chi connectivity index (χ2n) is 4.18. The summed E-state index contributed by atoms with van der Waals surface area (Å²) < 4.78 is 6.53. The number of hydrogen-bond acceptors (Lipinski definition) is 3. The van der Waals surface area contributed by atoms with Gasteiger partial charge in [0.1, 0.15) is 5.75 Å². The highest BCUT2D eigenvalue weighted by Gasteiger charge is 2.20. The highest BCUT2D eigenvalue weighted by atomic mass is 79.9. The van der Waals surface area contributed by atoms with E-state index in [0.717, 1.165) is 4.47 Å². The van der Waals surface area contributed by atoms with E-state index in [2.05, 4.69) is 15.9 Å². The molecular formula is C14H20BrNO3. The average Bonchev–Trinajstić information content (AvgIpc) is 2.41. The van der Waals surface area contributed by atoms with E-state index in [1.165, 1.54) is 0 Å². The molecule has 0 saturated heterocycles. The summed E-state index contributed by atoms with van der Waals surface area (Å²) in [4.78, 5) is 13.8. The minimum absolute atomic E-state index is 0.0446. The lowest BCUT2D eigenvalue weighted by molar-refractivity contribution is -0.137. The monoisotopic (exact) mass is 329 g/mol. The van der Waals surface area contributed by atoms with Crippen molar-refractivity contribution < 1.29 is 14.6 Å². The molecule has 0 heterocycles. The molecule has 5 heteroatoms. The summed E-state index contributed by atoms with van der Waals surface area (Å²) in [6.45, 7) is 6.80. The summed E-state index contributed by atoms with van der Waals surface area (Å²) in [7, 11) is 0. The van der Waals surface area contributed by atoms with Gasteiger partial charge in [0, 0.05) is 23.1 Å². The smallest absolute Gasteiger partial charge is 0.263 e. The van der Waals surface area contributed by atoms with Gasteiger partial charge in [0.15, 0.2) is 6.10 Å². The molecule has 0 aromatic heterocycles. The van der Waals surface area contributed by atoms with Gasteiger partial charge in [-0.2, -0.15) is 0 Å². The van der Waals surface area contributed by atoms with E-state index in [4.69, 9.17) is 4.74 Å². The quantitative estimate of drug-likeness (QED) is 0.872. The van der Waals surface area contributed by atoms with Gasteiger partial charge in [0.05, 0.1) is 6.61 Å². The Labute approximate surface area is 122 Å². The van der Waals surface area contributed by atoms with Gasteiger partial charge in [-0.1, -0.05) is 15.9 Å². The van der Waals surface area contributed by atoms with E-state index in [9.17, 15) is 9.90 Å². The van der Waals surface area contributed by atoms with Gasteiger partial charge in [-0.25, -0.2) is 0 Å². The van der Waals surface area contributed by atoms with Crippen molar-refractivity contribution in [3.63, 3.8) is 0 Å². The van der Waals surface area contributed by atoms with E-state index >= 15 is 0 Å². The predicted molar refractivity (Wildman–Crippen MR) is 78.1 cm³/mol. The first-order valence-electron chi connectivity index (χ1n) is 6.38. The van der Waals surface area contributed by atoms with Gasteiger partial charge in [-0.15, -0.1) is 0 Å². The molecule has 1 aromatic carbocycles. The zero-order valence-electron chi connectivity index (χ0n) is 11.5. The maximum atomic E-state index is 12.1. The molecule has 4 nitrogen and oxygen atoms in total. The Morgan fingerprint density at radius 2 is 2.05 bits per heavy atom. The van der Waals surface area contributed by atoms with Crippen LogP contribution in [-0.4, -0.2) is 35.1 Å². The van der Waals surface area contributed by atoms with E-state index in [1.807, 2.05) is 19.9 Å².